The third-order valence-corrected chi connectivity index (χ3v) is 3.61. The van der Waals surface area contributed by atoms with Crippen LogP contribution >= 0.6 is 11.6 Å². The highest BCUT2D eigenvalue weighted by molar-refractivity contribution is 6.32. The lowest BCUT2D eigenvalue weighted by Crippen LogP contribution is -2.16. The van der Waals surface area contributed by atoms with E-state index >= 15 is 0 Å². The van der Waals surface area contributed by atoms with Crippen LogP contribution in [0.5, 0.6) is 17.2 Å². The third-order valence-electron chi connectivity index (χ3n) is 3.31. The molecule has 10 heteroatoms. The molecule has 2 aromatic carbocycles. The fourth-order valence-corrected chi connectivity index (χ4v) is 2.35. The maximum atomic E-state index is 12.3. The molecule has 2 aromatic rings. The summed E-state index contributed by atoms with van der Waals surface area (Å²) < 4.78 is 38.9. The van der Waals surface area contributed by atoms with Crippen molar-refractivity contribution in [3.8, 4) is 17.2 Å². The molecule has 0 aliphatic carbocycles. The molecule has 0 saturated heterocycles. The first kappa shape index (κ1) is 21.2. The van der Waals surface area contributed by atoms with Gasteiger partial charge < -0.3 is 24.4 Å². The van der Waals surface area contributed by atoms with E-state index in [-0.39, 0.29) is 18.1 Å². The third kappa shape index (κ3) is 6.27. The van der Waals surface area contributed by atoms with Crippen LogP contribution in [0.3, 0.4) is 0 Å². The van der Waals surface area contributed by atoms with Gasteiger partial charge in [0.15, 0.2) is 18.1 Å². The highest BCUT2D eigenvalue weighted by Crippen LogP contribution is 2.29. The van der Waals surface area contributed by atoms with Crippen molar-refractivity contribution in [2.45, 2.75) is 6.61 Å². The molecule has 1 amide bonds. The second-order valence-electron chi connectivity index (χ2n) is 5.19. The molecule has 0 aromatic heterocycles. The van der Waals surface area contributed by atoms with E-state index in [9.17, 15) is 13.6 Å². The first-order valence-corrected chi connectivity index (χ1v) is 8.22. The minimum Gasteiger partial charge on any atom is -0.495 e. The molecule has 0 aliphatic rings. The van der Waals surface area contributed by atoms with E-state index in [0.29, 0.717) is 22.0 Å². The van der Waals surface area contributed by atoms with Crippen LogP contribution in [0.4, 0.5) is 14.5 Å². The lowest BCUT2D eigenvalue weighted by atomic mass is 10.2. The molecule has 7 nitrogen and oxygen atoms in total. The van der Waals surface area contributed by atoms with Crippen molar-refractivity contribution < 1.29 is 32.6 Å². The number of alkyl halides is 2. The number of nitrogens with one attached hydrogen (secondary N) is 1. The number of nitrogens with zero attached hydrogens (tertiary/aromatic N) is 1. The highest BCUT2D eigenvalue weighted by Gasteiger charge is 2.10. The lowest BCUT2D eigenvalue weighted by Gasteiger charge is -2.10. The topological polar surface area (TPSA) is 78.4 Å². The van der Waals surface area contributed by atoms with Gasteiger partial charge in [-0.05, 0) is 36.4 Å². The van der Waals surface area contributed by atoms with Gasteiger partial charge in [0, 0.05) is 11.3 Å². The Morgan fingerprint density at radius 3 is 2.50 bits per heavy atom. The van der Waals surface area contributed by atoms with Crippen LogP contribution in [-0.2, 0) is 9.63 Å². The number of hydrogen-bond acceptors (Lipinski definition) is 6. The zero-order valence-corrected chi connectivity index (χ0v) is 15.7. The number of halogens is 3. The average Bonchev–Trinajstić information content (AvgIpc) is 2.66. The number of rotatable bonds is 9. The highest BCUT2D eigenvalue weighted by atomic mass is 35.5. The predicted molar refractivity (Wildman–Crippen MR) is 99.8 cm³/mol. The van der Waals surface area contributed by atoms with Gasteiger partial charge in [-0.15, -0.1) is 0 Å². The fourth-order valence-electron chi connectivity index (χ4n) is 2.09. The van der Waals surface area contributed by atoms with E-state index < -0.39 is 12.5 Å². The molecular formula is C18H17ClF2N2O5. The van der Waals surface area contributed by atoms with Gasteiger partial charge in [-0.3, -0.25) is 4.79 Å². The van der Waals surface area contributed by atoms with Gasteiger partial charge in [0.2, 0.25) is 0 Å². The number of ether oxygens (including phenoxy) is 3. The number of carbonyl (C=O) groups excluding carboxylic acids is 1. The summed E-state index contributed by atoms with van der Waals surface area (Å²) in [6, 6.07) is 9.01. The van der Waals surface area contributed by atoms with E-state index in [0.717, 1.165) is 0 Å². The SMILES string of the molecule is COc1ccc(NC(=O)CO/N=C\c2ccc(OC(F)F)c(OC)c2)cc1Cl. The van der Waals surface area contributed by atoms with Crippen LogP contribution in [0.25, 0.3) is 0 Å². The molecule has 0 atom stereocenters. The summed E-state index contributed by atoms with van der Waals surface area (Å²) >= 11 is 5.98. The van der Waals surface area contributed by atoms with Crippen LogP contribution < -0.4 is 19.5 Å². The Morgan fingerprint density at radius 1 is 1.14 bits per heavy atom. The Kier molecular flexibility index (Phi) is 7.82. The van der Waals surface area contributed by atoms with Gasteiger partial charge in [-0.1, -0.05) is 16.8 Å². The Morgan fingerprint density at radius 2 is 1.86 bits per heavy atom. The number of benzene rings is 2. The zero-order valence-electron chi connectivity index (χ0n) is 14.9. The molecule has 1 N–H and O–H groups in total. The summed E-state index contributed by atoms with van der Waals surface area (Å²) in [5, 5.41) is 6.60. The zero-order chi connectivity index (χ0) is 20.5. The van der Waals surface area contributed by atoms with Crippen molar-refractivity contribution >= 4 is 29.4 Å². The first-order valence-electron chi connectivity index (χ1n) is 7.84. The quantitative estimate of drug-likeness (QED) is 0.496. The summed E-state index contributed by atoms with van der Waals surface area (Å²) in [4.78, 5) is 16.8. The molecule has 0 saturated carbocycles. The summed E-state index contributed by atoms with van der Waals surface area (Å²) in [6.07, 6.45) is 1.30. The van der Waals surface area contributed by atoms with Crippen LogP contribution in [0, 0.1) is 0 Å². The number of carbonyl (C=O) groups is 1. The summed E-state index contributed by atoms with van der Waals surface area (Å²) in [5.74, 6) is 0.0454. The van der Waals surface area contributed by atoms with Gasteiger partial charge >= 0.3 is 6.61 Å². The number of methoxy groups -OCH3 is 2. The molecule has 0 bridgehead atoms. The van der Waals surface area contributed by atoms with Gasteiger partial charge in [0.1, 0.15) is 5.75 Å². The van der Waals surface area contributed by atoms with E-state index in [1.165, 1.54) is 44.7 Å². The molecule has 150 valence electrons. The molecule has 2 rings (SSSR count). The Hall–Kier alpha value is -3.07. The standard InChI is InChI=1S/C18H17ClF2N2O5/c1-25-14-6-4-12(8-13(14)19)23-17(24)10-27-22-9-11-3-5-15(28-18(20)21)16(7-11)26-2/h3-9,18H,10H2,1-2H3,(H,23,24)/b22-9-. The average molecular weight is 415 g/mol. The van der Waals surface area contributed by atoms with Crippen LogP contribution in [0.1, 0.15) is 5.56 Å². The van der Waals surface area contributed by atoms with Crippen molar-refractivity contribution in [3.63, 3.8) is 0 Å². The van der Waals surface area contributed by atoms with Crippen LogP contribution in [0.15, 0.2) is 41.6 Å². The Balaban J connectivity index is 1.87. The minimum atomic E-state index is -2.96. The smallest absolute Gasteiger partial charge is 0.387 e. The number of anilines is 1. The van der Waals surface area contributed by atoms with E-state index in [2.05, 4.69) is 15.2 Å². The molecule has 0 spiro atoms. The minimum absolute atomic E-state index is 0.104. The number of amides is 1. The van der Waals surface area contributed by atoms with E-state index in [4.69, 9.17) is 25.9 Å². The summed E-state index contributed by atoms with van der Waals surface area (Å²) in [5.41, 5.74) is 0.976. The summed E-state index contributed by atoms with van der Waals surface area (Å²) in [7, 11) is 2.81. The first-order chi connectivity index (χ1) is 13.4. The van der Waals surface area contributed by atoms with Gasteiger partial charge in [0.05, 0.1) is 25.5 Å². The van der Waals surface area contributed by atoms with Gasteiger partial charge in [0.25, 0.3) is 5.91 Å². The largest absolute Gasteiger partial charge is 0.495 e. The van der Waals surface area contributed by atoms with Crippen LogP contribution in [-0.4, -0.2) is 39.6 Å². The molecule has 28 heavy (non-hydrogen) atoms. The molecule has 0 heterocycles. The molecular weight excluding hydrogens is 398 g/mol. The maximum Gasteiger partial charge on any atom is 0.387 e. The molecule has 0 fully saturated rings. The molecule has 0 aliphatic heterocycles. The number of oxime groups is 1. The van der Waals surface area contributed by atoms with Crippen molar-refractivity contribution in [2.24, 2.45) is 5.16 Å². The van der Waals surface area contributed by atoms with E-state index in [1.54, 1.807) is 12.1 Å². The second-order valence-corrected chi connectivity index (χ2v) is 5.60. The number of hydrogen-bond donors (Lipinski definition) is 1. The predicted octanol–water partition coefficient (Wildman–Crippen LogP) is 3.95. The van der Waals surface area contributed by atoms with Crippen molar-refractivity contribution in [1.29, 1.82) is 0 Å². The van der Waals surface area contributed by atoms with Crippen molar-refractivity contribution in [1.82, 2.24) is 0 Å². The monoisotopic (exact) mass is 414 g/mol. The molecule has 0 unspecified atom stereocenters. The Labute approximate surface area is 164 Å². The lowest BCUT2D eigenvalue weighted by molar-refractivity contribution is -0.120. The van der Waals surface area contributed by atoms with Crippen LogP contribution in [0.2, 0.25) is 5.02 Å². The molecule has 0 radical (unpaired) electrons. The second kappa shape index (κ2) is 10.3. The van der Waals surface area contributed by atoms with E-state index in [1.807, 2.05) is 0 Å². The van der Waals surface area contributed by atoms with Gasteiger partial charge in [-0.25, -0.2) is 0 Å². The summed E-state index contributed by atoms with van der Waals surface area (Å²) in [6.45, 7) is -3.31. The maximum absolute atomic E-state index is 12.3. The van der Waals surface area contributed by atoms with Crippen molar-refractivity contribution in [2.75, 3.05) is 26.1 Å². The van der Waals surface area contributed by atoms with Gasteiger partial charge in [-0.2, -0.15) is 8.78 Å². The normalized spacial score (nSPS) is 10.8. The fraction of sp³-hybridized carbons (Fsp3) is 0.222. The van der Waals surface area contributed by atoms with Crippen molar-refractivity contribution in [3.05, 3.63) is 47.0 Å². The Bertz CT molecular complexity index is 849.